The summed E-state index contributed by atoms with van der Waals surface area (Å²) in [4.78, 5) is 17.6. The molecule has 0 amide bonds. The van der Waals surface area contributed by atoms with E-state index in [1.54, 1.807) is 25.1 Å². The molecule has 0 saturated carbocycles. The lowest BCUT2D eigenvalue weighted by atomic mass is 10.1. The number of halogens is 1. The minimum absolute atomic E-state index is 0.263. The molecule has 2 aromatic heterocycles. The first-order valence-corrected chi connectivity index (χ1v) is 8.27. The van der Waals surface area contributed by atoms with Gasteiger partial charge in [-0.2, -0.15) is 5.10 Å². The van der Waals surface area contributed by atoms with Crippen LogP contribution in [0.4, 0.5) is 0 Å². The SMILES string of the molecule is CC(C)Cc1cc(-n2c(C(C)N)nc3cccc(Cl)c3c2=O)n[nH]1. The number of hydrogen-bond acceptors (Lipinski definition) is 4. The first-order valence-electron chi connectivity index (χ1n) is 7.90. The maximum Gasteiger partial charge on any atom is 0.268 e. The Morgan fingerprint density at radius 1 is 1.33 bits per heavy atom. The fourth-order valence-corrected chi connectivity index (χ4v) is 2.99. The van der Waals surface area contributed by atoms with Crippen LogP contribution in [0, 0.1) is 5.92 Å². The van der Waals surface area contributed by atoms with Crippen LogP contribution in [0.15, 0.2) is 29.1 Å². The molecular formula is C17H20ClN5O. The van der Waals surface area contributed by atoms with Crippen molar-refractivity contribution < 1.29 is 0 Å². The number of aromatic amines is 1. The standard InChI is InChI=1S/C17H20ClN5O/c1-9(2)7-11-8-14(22-21-11)23-16(10(3)19)20-13-6-4-5-12(18)15(13)17(23)24/h4-6,8-10H,7,19H2,1-3H3,(H,21,22). The number of benzene rings is 1. The topological polar surface area (TPSA) is 89.6 Å². The average molecular weight is 346 g/mol. The number of nitrogens with zero attached hydrogens (tertiary/aromatic N) is 3. The van der Waals surface area contributed by atoms with Gasteiger partial charge >= 0.3 is 0 Å². The molecule has 1 atom stereocenters. The van der Waals surface area contributed by atoms with Crippen molar-refractivity contribution >= 4 is 22.5 Å². The van der Waals surface area contributed by atoms with Crippen molar-refractivity contribution in [3.63, 3.8) is 0 Å². The van der Waals surface area contributed by atoms with Crippen LogP contribution in [-0.4, -0.2) is 19.7 Å². The highest BCUT2D eigenvalue weighted by Gasteiger charge is 2.19. The fourth-order valence-electron chi connectivity index (χ4n) is 2.74. The maximum absolute atomic E-state index is 13.0. The Balaban J connectivity index is 2.27. The zero-order chi connectivity index (χ0) is 17.4. The second-order valence-electron chi connectivity index (χ2n) is 6.38. The third kappa shape index (κ3) is 2.95. The number of hydrogen-bond donors (Lipinski definition) is 2. The van der Waals surface area contributed by atoms with Crippen molar-refractivity contribution in [3.8, 4) is 5.82 Å². The first kappa shape index (κ1) is 16.7. The summed E-state index contributed by atoms with van der Waals surface area (Å²) >= 11 is 6.21. The molecule has 0 fully saturated rings. The maximum atomic E-state index is 13.0. The first-order chi connectivity index (χ1) is 11.4. The van der Waals surface area contributed by atoms with Crippen LogP contribution in [-0.2, 0) is 6.42 Å². The molecular weight excluding hydrogens is 326 g/mol. The molecule has 0 aliphatic heterocycles. The number of aromatic nitrogens is 4. The van der Waals surface area contributed by atoms with Gasteiger partial charge in [0.2, 0.25) is 0 Å². The van der Waals surface area contributed by atoms with Crippen LogP contribution in [0.2, 0.25) is 5.02 Å². The molecule has 3 N–H and O–H groups in total. The average Bonchev–Trinajstić information content (AvgIpc) is 2.93. The zero-order valence-electron chi connectivity index (χ0n) is 13.9. The molecule has 0 radical (unpaired) electrons. The molecule has 3 rings (SSSR count). The predicted octanol–water partition coefficient (Wildman–Crippen LogP) is 2.98. The Morgan fingerprint density at radius 3 is 2.75 bits per heavy atom. The molecule has 0 bridgehead atoms. The third-order valence-electron chi connectivity index (χ3n) is 3.75. The number of H-pyrrole nitrogens is 1. The lowest BCUT2D eigenvalue weighted by Gasteiger charge is -2.14. The summed E-state index contributed by atoms with van der Waals surface area (Å²) in [6.45, 7) is 6.03. The molecule has 126 valence electrons. The van der Waals surface area contributed by atoms with Crippen molar-refractivity contribution in [1.29, 1.82) is 0 Å². The molecule has 6 nitrogen and oxygen atoms in total. The summed E-state index contributed by atoms with van der Waals surface area (Å²) in [7, 11) is 0. The van der Waals surface area contributed by atoms with Gasteiger partial charge in [0, 0.05) is 11.8 Å². The van der Waals surface area contributed by atoms with Crippen LogP contribution in [0.1, 0.15) is 38.3 Å². The minimum atomic E-state index is -0.425. The number of nitrogens with one attached hydrogen (secondary N) is 1. The summed E-state index contributed by atoms with van der Waals surface area (Å²) in [5, 5.41) is 8.00. The predicted molar refractivity (Wildman–Crippen MR) is 95.6 cm³/mol. The monoisotopic (exact) mass is 345 g/mol. The van der Waals surface area contributed by atoms with E-state index in [2.05, 4.69) is 29.0 Å². The highest BCUT2D eigenvalue weighted by molar-refractivity contribution is 6.35. The highest BCUT2D eigenvalue weighted by atomic mass is 35.5. The Kier molecular flexibility index (Phi) is 4.43. The molecule has 0 spiro atoms. The van der Waals surface area contributed by atoms with Gasteiger partial charge in [-0.15, -0.1) is 0 Å². The van der Waals surface area contributed by atoms with E-state index in [0.717, 1.165) is 12.1 Å². The van der Waals surface area contributed by atoms with E-state index in [4.69, 9.17) is 17.3 Å². The van der Waals surface area contributed by atoms with E-state index >= 15 is 0 Å². The Bertz CT molecular complexity index is 942. The van der Waals surface area contributed by atoms with E-state index in [1.165, 1.54) is 4.57 Å². The van der Waals surface area contributed by atoms with E-state index in [9.17, 15) is 4.79 Å². The van der Waals surface area contributed by atoms with E-state index in [-0.39, 0.29) is 5.56 Å². The van der Waals surface area contributed by atoms with Gasteiger partial charge in [-0.25, -0.2) is 9.55 Å². The van der Waals surface area contributed by atoms with Crippen molar-refractivity contribution in [2.75, 3.05) is 0 Å². The summed E-state index contributed by atoms with van der Waals surface area (Å²) in [5.41, 5.74) is 7.28. The second-order valence-corrected chi connectivity index (χ2v) is 6.79. The van der Waals surface area contributed by atoms with Gasteiger partial charge in [-0.1, -0.05) is 31.5 Å². The van der Waals surface area contributed by atoms with Crippen molar-refractivity contribution in [2.24, 2.45) is 11.7 Å². The Morgan fingerprint density at radius 2 is 2.08 bits per heavy atom. The molecule has 2 heterocycles. The van der Waals surface area contributed by atoms with Gasteiger partial charge in [0.15, 0.2) is 5.82 Å². The smallest absolute Gasteiger partial charge is 0.268 e. The van der Waals surface area contributed by atoms with Crippen molar-refractivity contribution in [2.45, 2.75) is 33.2 Å². The molecule has 1 unspecified atom stereocenters. The second kappa shape index (κ2) is 6.37. The molecule has 0 aliphatic carbocycles. The van der Waals surface area contributed by atoms with Gasteiger partial charge in [-0.05, 0) is 31.4 Å². The molecule has 0 saturated heterocycles. The quantitative estimate of drug-likeness (QED) is 0.760. The summed E-state index contributed by atoms with van der Waals surface area (Å²) in [5.74, 6) is 1.42. The minimum Gasteiger partial charge on any atom is -0.322 e. The summed E-state index contributed by atoms with van der Waals surface area (Å²) < 4.78 is 1.44. The van der Waals surface area contributed by atoms with Crippen molar-refractivity contribution in [1.82, 2.24) is 19.7 Å². The normalized spacial score (nSPS) is 12.9. The van der Waals surface area contributed by atoms with Gasteiger partial charge in [0.1, 0.15) is 5.82 Å². The number of rotatable bonds is 4. The van der Waals surface area contributed by atoms with E-state index < -0.39 is 6.04 Å². The van der Waals surface area contributed by atoms with Crippen LogP contribution < -0.4 is 11.3 Å². The van der Waals surface area contributed by atoms with Gasteiger partial charge in [-0.3, -0.25) is 9.89 Å². The Labute approximate surface area is 144 Å². The van der Waals surface area contributed by atoms with Crippen LogP contribution in [0.5, 0.6) is 0 Å². The highest BCUT2D eigenvalue weighted by Crippen LogP contribution is 2.22. The van der Waals surface area contributed by atoms with Gasteiger partial charge in [0.25, 0.3) is 5.56 Å². The lowest BCUT2D eigenvalue weighted by molar-refractivity contribution is 0.633. The third-order valence-corrected chi connectivity index (χ3v) is 4.07. The van der Waals surface area contributed by atoms with E-state index in [1.807, 2.05) is 6.07 Å². The number of fused-ring (bicyclic) bond motifs is 1. The zero-order valence-corrected chi connectivity index (χ0v) is 14.6. The summed E-state index contributed by atoms with van der Waals surface area (Å²) in [6.07, 6.45) is 0.844. The molecule has 1 aromatic carbocycles. The lowest BCUT2D eigenvalue weighted by Crippen LogP contribution is -2.28. The summed E-state index contributed by atoms with van der Waals surface area (Å²) in [6, 6.07) is 6.64. The van der Waals surface area contributed by atoms with Gasteiger partial charge in [0.05, 0.1) is 22.0 Å². The number of nitrogens with two attached hydrogens (primary N) is 1. The van der Waals surface area contributed by atoms with E-state index in [0.29, 0.717) is 33.5 Å². The molecule has 0 aliphatic rings. The Hall–Kier alpha value is -2.18. The van der Waals surface area contributed by atoms with Crippen LogP contribution in [0.3, 0.4) is 0 Å². The largest absolute Gasteiger partial charge is 0.322 e. The van der Waals surface area contributed by atoms with Gasteiger partial charge < -0.3 is 5.73 Å². The fraction of sp³-hybridized carbons (Fsp3) is 0.353. The van der Waals surface area contributed by atoms with Crippen LogP contribution in [0.25, 0.3) is 16.7 Å². The van der Waals surface area contributed by atoms with Crippen molar-refractivity contribution in [3.05, 3.63) is 51.2 Å². The van der Waals surface area contributed by atoms with Crippen LogP contribution >= 0.6 is 11.6 Å². The molecule has 3 aromatic rings. The molecule has 7 heteroatoms. The molecule has 24 heavy (non-hydrogen) atoms.